The second kappa shape index (κ2) is 7.07. The second-order valence-corrected chi connectivity index (χ2v) is 4.39. The van der Waals surface area contributed by atoms with E-state index in [-0.39, 0.29) is 12.5 Å². The first kappa shape index (κ1) is 15.3. The van der Waals surface area contributed by atoms with E-state index in [1.165, 1.54) is 23.0 Å². The second-order valence-electron chi connectivity index (χ2n) is 4.39. The Balaban J connectivity index is 1.95. The van der Waals surface area contributed by atoms with Gasteiger partial charge in [-0.25, -0.2) is 0 Å². The summed E-state index contributed by atoms with van der Waals surface area (Å²) in [7, 11) is 1.57. The van der Waals surface area contributed by atoms with Gasteiger partial charge in [0, 0.05) is 18.3 Å². The monoisotopic (exact) mass is 301 g/mol. The van der Waals surface area contributed by atoms with Crippen LogP contribution in [0, 0.1) is 0 Å². The van der Waals surface area contributed by atoms with Gasteiger partial charge in [0.15, 0.2) is 5.82 Å². The van der Waals surface area contributed by atoms with Crippen molar-refractivity contribution in [1.82, 2.24) is 9.78 Å². The lowest BCUT2D eigenvalue weighted by molar-refractivity contribution is -0.137. The number of nitrogens with one attached hydrogen (secondary N) is 1. The highest BCUT2D eigenvalue weighted by molar-refractivity contribution is 6.01. The van der Waals surface area contributed by atoms with Crippen molar-refractivity contribution in [1.29, 1.82) is 0 Å². The number of amides is 1. The van der Waals surface area contributed by atoms with Crippen LogP contribution >= 0.6 is 0 Å². The average Bonchev–Trinajstić information content (AvgIpc) is 2.91. The Hall–Kier alpha value is -3.09. The number of carbonyl (C=O) groups excluding carboxylic acids is 1. The zero-order valence-corrected chi connectivity index (χ0v) is 11.9. The summed E-state index contributed by atoms with van der Waals surface area (Å²) in [6.45, 7) is -0.254. The van der Waals surface area contributed by atoms with Crippen LogP contribution in [0.4, 0.5) is 5.82 Å². The molecule has 0 atom stereocenters. The lowest BCUT2D eigenvalue weighted by Crippen LogP contribution is -2.11. The van der Waals surface area contributed by atoms with Gasteiger partial charge in [-0.1, -0.05) is 12.1 Å². The first-order valence-electron chi connectivity index (χ1n) is 6.45. The van der Waals surface area contributed by atoms with Crippen LogP contribution in [-0.4, -0.2) is 33.9 Å². The van der Waals surface area contributed by atoms with E-state index in [9.17, 15) is 9.59 Å². The van der Waals surface area contributed by atoms with Gasteiger partial charge in [-0.3, -0.25) is 14.3 Å². The lowest BCUT2D eigenvalue weighted by Gasteiger charge is -2.00. The van der Waals surface area contributed by atoms with Crippen molar-refractivity contribution in [2.75, 3.05) is 12.4 Å². The number of aliphatic carboxylic acids is 1. The molecule has 1 amide bonds. The zero-order chi connectivity index (χ0) is 15.9. The van der Waals surface area contributed by atoms with Crippen LogP contribution in [0.3, 0.4) is 0 Å². The number of hydrogen-bond acceptors (Lipinski definition) is 4. The predicted octanol–water partition coefficient (Wildman–Crippen LogP) is 1.63. The Morgan fingerprint density at radius 3 is 2.95 bits per heavy atom. The van der Waals surface area contributed by atoms with Crippen molar-refractivity contribution in [3.8, 4) is 5.75 Å². The molecule has 7 nitrogen and oxygen atoms in total. The number of carboxylic acids is 1. The number of carboxylic acid groups (broad SMARTS) is 1. The third-order valence-corrected chi connectivity index (χ3v) is 2.71. The molecular weight excluding hydrogens is 286 g/mol. The van der Waals surface area contributed by atoms with Crippen LogP contribution in [-0.2, 0) is 16.1 Å². The minimum absolute atomic E-state index is 0.254. The van der Waals surface area contributed by atoms with Gasteiger partial charge in [0.25, 0.3) is 0 Å². The average molecular weight is 301 g/mol. The standard InChI is InChI=1S/C15H15N3O4/c1-22-12-4-2-3-11(9-12)5-6-14(19)16-13-7-8-18(17-13)10-15(20)21/h2-9H,10H2,1H3,(H,20,21)(H,16,17,19). The topological polar surface area (TPSA) is 93.5 Å². The van der Waals surface area contributed by atoms with Crippen molar-refractivity contribution in [3.05, 3.63) is 48.2 Å². The molecule has 0 aliphatic heterocycles. The third-order valence-electron chi connectivity index (χ3n) is 2.71. The Labute approximate surface area is 126 Å². The Morgan fingerprint density at radius 1 is 1.41 bits per heavy atom. The Kier molecular flexibility index (Phi) is 4.92. The lowest BCUT2D eigenvalue weighted by atomic mass is 10.2. The third kappa shape index (κ3) is 4.48. The maximum atomic E-state index is 11.8. The van der Waals surface area contributed by atoms with Crippen LogP contribution in [0.1, 0.15) is 5.56 Å². The highest BCUT2D eigenvalue weighted by Gasteiger charge is 2.04. The Morgan fingerprint density at radius 2 is 2.23 bits per heavy atom. The van der Waals surface area contributed by atoms with Gasteiger partial charge in [-0.2, -0.15) is 5.10 Å². The van der Waals surface area contributed by atoms with Gasteiger partial charge in [0.2, 0.25) is 5.91 Å². The first-order valence-corrected chi connectivity index (χ1v) is 6.45. The summed E-state index contributed by atoms with van der Waals surface area (Å²) in [5, 5.41) is 15.1. The number of benzene rings is 1. The Bertz CT molecular complexity index is 706. The summed E-state index contributed by atoms with van der Waals surface area (Å²) in [5.41, 5.74) is 0.825. The fourth-order valence-electron chi connectivity index (χ4n) is 1.74. The first-order chi connectivity index (χ1) is 10.6. The normalized spacial score (nSPS) is 10.6. The number of rotatable bonds is 6. The van der Waals surface area contributed by atoms with Gasteiger partial charge in [-0.15, -0.1) is 0 Å². The van der Waals surface area contributed by atoms with Gasteiger partial charge < -0.3 is 15.2 Å². The van der Waals surface area contributed by atoms with Crippen molar-refractivity contribution in [2.45, 2.75) is 6.54 Å². The molecule has 2 N–H and O–H groups in total. The summed E-state index contributed by atoms with van der Waals surface area (Å²) in [6.07, 6.45) is 4.49. The van der Waals surface area contributed by atoms with Crippen molar-refractivity contribution < 1.29 is 19.4 Å². The van der Waals surface area contributed by atoms with Crippen LogP contribution in [0.5, 0.6) is 5.75 Å². The highest BCUT2D eigenvalue weighted by atomic mass is 16.5. The van der Waals surface area contributed by atoms with Gasteiger partial charge in [0.05, 0.1) is 7.11 Å². The number of anilines is 1. The predicted molar refractivity (Wildman–Crippen MR) is 80.5 cm³/mol. The number of carbonyl (C=O) groups is 2. The van der Waals surface area contributed by atoms with Crippen LogP contribution in [0.2, 0.25) is 0 Å². The molecular formula is C15H15N3O4. The molecule has 7 heteroatoms. The van der Waals surface area contributed by atoms with Gasteiger partial charge in [-0.05, 0) is 23.8 Å². The molecule has 114 valence electrons. The quantitative estimate of drug-likeness (QED) is 0.791. The van der Waals surface area contributed by atoms with Crippen molar-refractivity contribution >= 4 is 23.8 Å². The molecule has 1 heterocycles. The molecule has 0 radical (unpaired) electrons. The SMILES string of the molecule is COc1cccc(C=CC(=O)Nc2ccn(CC(=O)O)n2)c1. The molecule has 1 aromatic carbocycles. The molecule has 0 aliphatic rings. The van der Waals surface area contributed by atoms with Crippen molar-refractivity contribution in [2.24, 2.45) is 0 Å². The molecule has 0 fully saturated rings. The van der Waals surface area contributed by atoms with Crippen LogP contribution in [0.15, 0.2) is 42.6 Å². The smallest absolute Gasteiger partial charge is 0.325 e. The van der Waals surface area contributed by atoms with E-state index in [1.807, 2.05) is 18.2 Å². The van der Waals surface area contributed by atoms with E-state index >= 15 is 0 Å². The minimum Gasteiger partial charge on any atom is -0.497 e. The van der Waals surface area contributed by atoms with Crippen LogP contribution in [0.25, 0.3) is 6.08 Å². The molecule has 2 rings (SSSR count). The van der Waals surface area contributed by atoms with Crippen LogP contribution < -0.4 is 10.1 Å². The minimum atomic E-state index is -1.00. The fourth-order valence-corrected chi connectivity index (χ4v) is 1.74. The number of ether oxygens (including phenoxy) is 1. The number of methoxy groups -OCH3 is 1. The van der Waals surface area contributed by atoms with E-state index in [1.54, 1.807) is 19.3 Å². The highest BCUT2D eigenvalue weighted by Crippen LogP contribution is 2.13. The molecule has 22 heavy (non-hydrogen) atoms. The summed E-state index contributed by atoms with van der Waals surface area (Å²) >= 11 is 0. The summed E-state index contributed by atoms with van der Waals surface area (Å²) < 4.78 is 6.32. The molecule has 0 saturated carbocycles. The molecule has 0 aliphatic carbocycles. The molecule has 0 bridgehead atoms. The van der Waals surface area contributed by atoms with E-state index in [0.717, 1.165) is 5.56 Å². The molecule has 1 aromatic heterocycles. The fraction of sp³-hybridized carbons (Fsp3) is 0.133. The van der Waals surface area contributed by atoms with E-state index in [4.69, 9.17) is 9.84 Å². The van der Waals surface area contributed by atoms with Crippen molar-refractivity contribution in [3.63, 3.8) is 0 Å². The maximum absolute atomic E-state index is 11.8. The largest absolute Gasteiger partial charge is 0.497 e. The molecule has 2 aromatic rings. The number of hydrogen-bond donors (Lipinski definition) is 2. The maximum Gasteiger partial charge on any atom is 0.325 e. The summed E-state index contributed by atoms with van der Waals surface area (Å²) in [5.74, 6) is -0.362. The zero-order valence-electron chi connectivity index (χ0n) is 11.9. The van der Waals surface area contributed by atoms with Gasteiger partial charge >= 0.3 is 5.97 Å². The summed E-state index contributed by atoms with van der Waals surface area (Å²) in [4.78, 5) is 22.3. The van der Waals surface area contributed by atoms with E-state index in [0.29, 0.717) is 11.6 Å². The molecule has 0 saturated heterocycles. The number of nitrogens with zero attached hydrogens (tertiary/aromatic N) is 2. The molecule has 0 spiro atoms. The summed E-state index contributed by atoms with van der Waals surface area (Å²) in [6, 6.07) is 8.80. The van der Waals surface area contributed by atoms with E-state index in [2.05, 4.69) is 10.4 Å². The van der Waals surface area contributed by atoms with E-state index < -0.39 is 5.97 Å². The molecule has 0 unspecified atom stereocenters. The number of aromatic nitrogens is 2. The van der Waals surface area contributed by atoms with Gasteiger partial charge in [0.1, 0.15) is 12.3 Å².